The molecule has 2 unspecified atom stereocenters. The first kappa shape index (κ1) is 21.8. The summed E-state index contributed by atoms with van der Waals surface area (Å²) < 4.78 is 0. The number of likely N-dealkylation sites (tertiary alicyclic amines) is 1. The molecular weight excluding hydrogens is 364 g/mol. The molecule has 1 aromatic carbocycles. The van der Waals surface area contributed by atoms with Crippen LogP contribution in [-0.4, -0.2) is 84.4 Å². The van der Waals surface area contributed by atoms with Gasteiger partial charge in [0, 0.05) is 56.9 Å². The Balaban J connectivity index is 1.40. The van der Waals surface area contributed by atoms with Crippen molar-refractivity contribution in [1.82, 2.24) is 20.0 Å². The summed E-state index contributed by atoms with van der Waals surface area (Å²) in [5.74, 6) is 0.193. The summed E-state index contributed by atoms with van der Waals surface area (Å²) in [6.07, 6.45) is 3.32. The van der Waals surface area contributed by atoms with Crippen molar-refractivity contribution in [2.24, 2.45) is 0 Å². The molecule has 160 valence electrons. The minimum atomic E-state index is -0.0273. The highest BCUT2D eigenvalue weighted by Gasteiger charge is 2.29. The van der Waals surface area contributed by atoms with E-state index in [1.165, 1.54) is 12.8 Å². The lowest BCUT2D eigenvalue weighted by molar-refractivity contribution is -0.134. The van der Waals surface area contributed by atoms with Gasteiger partial charge in [0.05, 0.1) is 6.54 Å². The number of aryl methyl sites for hydroxylation is 1. The Bertz CT molecular complexity index is 683. The normalized spacial score (nSPS) is 21.9. The number of piperazine rings is 1. The van der Waals surface area contributed by atoms with Gasteiger partial charge in [-0.2, -0.15) is 0 Å². The standard InChI is InChI=1S/C23H36N4O2/c1-4-5-19(3)26-12-14-27(15-13-26)22(28)17-25-11-10-21(16-25)24-23(29)20-8-6-18(2)7-9-20/h6-9,19,21H,4-5,10-17H2,1-3H3,(H,24,29). The van der Waals surface area contributed by atoms with Crippen LogP contribution in [0.2, 0.25) is 0 Å². The van der Waals surface area contributed by atoms with Gasteiger partial charge in [-0.15, -0.1) is 0 Å². The van der Waals surface area contributed by atoms with Crippen molar-refractivity contribution in [3.8, 4) is 0 Å². The maximum Gasteiger partial charge on any atom is 0.251 e. The second-order valence-corrected chi connectivity index (χ2v) is 8.61. The largest absolute Gasteiger partial charge is 0.348 e. The molecule has 3 rings (SSSR count). The van der Waals surface area contributed by atoms with Gasteiger partial charge in [-0.3, -0.25) is 19.4 Å². The molecule has 2 aliphatic heterocycles. The van der Waals surface area contributed by atoms with E-state index in [1.54, 1.807) is 0 Å². The van der Waals surface area contributed by atoms with Crippen LogP contribution in [0.25, 0.3) is 0 Å². The topological polar surface area (TPSA) is 55.9 Å². The molecule has 0 saturated carbocycles. The number of amides is 2. The van der Waals surface area contributed by atoms with Gasteiger partial charge in [-0.25, -0.2) is 0 Å². The Morgan fingerprint density at radius 3 is 2.45 bits per heavy atom. The first-order valence-corrected chi connectivity index (χ1v) is 11.1. The molecule has 2 atom stereocenters. The second kappa shape index (κ2) is 10.2. The Labute approximate surface area is 175 Å². The molecule has 0 aliphatic carbocycles. The fourth-order valence-electron chi connectivity index (χ4n) is 4.37. The van der Waals surface area contributed by atoms with Gasteiger partial charge in [-0.05, 0) is 38.8 Å². The Morgan fingerprint density at radius 2 is 1.79 bits per heavy atom. The molecule has 6 heteroatoms. The van der Waals surface area contributed by atoms with E-state index in [2.05, 4.69) is 29.0 Å². The molecule has 2 heterocycles. The molecule has 1 N–H and O–H groups in total. The number of carbonyl (C=O) groups is 2. The second-order valence-electron chi connectivity index (χ2n) is 8.61. The predicted octanol–water partition coefficient (Wildman–Crippen LogP) is 2.13. The van der Waals surface area contributed by atoms with Crippen molar-refractivity contribution in [3.63, 3.8) is 0 Å². The minimum absolute atomic E-state index is 0.0273. The van der Waals surface area contributed by atoms with E-state index in [9.17, 15) is 9.59 Å². The Morgan fingerprint density at radius 1 is 1.10 bits per heavy atom. The fraction of sp³-hybridized carbons (Fsp3) is 0.652. The average molecular weight is 401 g/mol. The van der Waals surface area contributed by atoms with E-state index in [1.807, 2.05) is 36.1 Å². The van der Waals surface area contributed by atoms with Gasteiger partial charge in [-0.1, -0.05) is 31.0 Å². The molecule has 0 aromatic heterocycles. The number of rotatable bonds is 7. The molecule has 29 heavy (non-hydrogen) atoms. The number of hydrogen-bond acceptors (Lipinski definition) is 4. The first-order chi connectivity index (χ1) is 14.0. The summed E-state index contributed by atoms with van der Waals surface area (Å²) in [5.41, 5.74) is 1.84. The molecule has 2 amide bonds. The van der Waals surface area contributed by atoms with Crippen molar-refractivity contribution in [2.45, 2.75) is 52.1 Å². The summed E-state index contributed by atoms with van der Waals surface area (Å²) in [4.78, 5) is 31.8. The molecule has 2 fully saturated rings. The highest BCUT2D eigenvalue weighted by molar-refractivity contribution is 5.94. The third kappa shape index (κ3) is 6.03. The van der Waals surface area contributed by atoms with Gasteiger partial charge in [0.2, 0.25) is 5.91 Å². The fourth-order valence-corrected chi connectivity index (χ4v) is 4.37. The molecule has 2 aliphatic rings. The van der Waals surface area contributed by atoms with Crippen molar-refractivity contribution in [1.29, 1.82) is 0 Å². The highest BCUT2D eigenvalue weighted by atomic mass is 16.2. The predicted molar refractivity (Wildman–Crippen MR) is 116 cm³/mol. The summed E-state index contributed by atoms with van der Waals surface area (Å²) >= 11 is 0. The zero-order valence-corrected chi connectivity index (χ0v) is 18.2. The van der Waals surface area contributed by atoms with Crippen LogP contribution in [0, 0.1) is 6.92 Å². The van der Waals surface area contributed by atoms with E-state index in [4.69, 9.17) is 0 Å². The van der Waals surface area contributed by atoms with Crippen LogP contribution in [0.1, 0.15) is 49.0 Å². The van der Waals surface area contributed by atoms with Crippen LogP contribution >= 0.6 is 0 Å². The van der Waals surface area contributed by atoms with Crippen LogP contribution in [0.3, 0.4) is 0 Å². The molecular formula is C23H36N4O2. The Hall–Kier alpha value is -1.92. The van der Waals surface area contributed by atoms with Crippen LogP contribution < -0.4 is 5.32 Å². The highest BCUT2D eigenvalue weighted by Crippen LogP contribution is 2.14. The number of hydrogen-bond donors (Lipinski definition) is 1. The molecule has 0 spiro atoms. The quantitative estimate of drug-likeness (QED) is 0.762. The number of carbonyl (C=O) groups excluding carboxylic acids is 2. The monoisotopic (exact) mass is 400 g/mol. The zero-order valence-electron chi connectivity index (χ0n) is 18.2. The van der Waals surface area contributed by atoms with E-state index in [-0.39, 0.29) is 17.9 Å². The van der Waals surface area contributed by atoms with E-state index in [0.717, 1.165) is 51.3 Å². The summed E-state index contributed by atoms with van der Waals surface area (Å²) in [6, 6.07) is 8.36. The minimum Gasteiger partial charge on any atom is -0.348 e. The van der Waals surface area contributed by atoms with Crippen molar-refractivity contribution < 1.29 is 9.59 Å². The van der Waals surface area contributed by atoms with Crippen LogP contribution in [0.5, 0.6) is 0 Å². The smallest absolute Gasteiger partial charge is 0.251 e. The van der Waals surface area contributed by atoms with Gasteiger partial charge >= 0.3 is 0 Å². The molecule has 6 nitrogen and oxygen atoms in total. The maximum absolute atomic E-state index is 12.7. The number of nitrogens with one attached hydrogen (secondary N) is 1. The lowest BCUT2D eigenvalue weighted by atomic mass is 10.1. The molecule has 0 bridgehead atoms. The lowest BCUT2D eigenvalue weighted by Gasteiger charge is -2.38. The van der Waals surface area contributed by atoms with E-state index < -0.39 is 0 Å². The van der Waals surface area contributed by atoms with Gasteiger partial charge in [0.25, 0.3) is 5.91 Å². The van der Waals surface area contributed by atoms with Crippen LogP contribution in [0.4, 0.5) is 0 Å². The van der Waals surface area contributed by atoms with Crippen LogP contribution in [-0.2, 0) is 4.79 Å². The van der Waals surface area contributed by atoms with E-state index in [0.29, 0.717) is 18.2 Å². The molecule has 0 radical (unpaired) electrons. The zero-order chi connectivity index (χ0) is 20.8. The third-order valence-corrected chi connectivity index (χ3v) is 6.28. The molecule has 1 aromatic rings. The lowest BCUT2D eigenvalue weighted by Crippen LogP contribution is -2.53. The average Bonchev–Trinajstić information content (AvgIpc) is 3.15. The summed E-state index contributed by atoms with van der Waals surface area (Å²) in [6.45, 7) is 12.2. The summed E-state index contributed by atoms with van der Waals surface area (Å²) in [7, 11) is 0. The van der Waals surface area contributed by atoms with Crippen molar-refractivity contribution in [3.05, 3.63) is 35.4 Å². The van der Waals surface area contributed by atoms with Gasteiger partial charge in [0.1, 0.15) is 0 Å². The first-order valence-electron chi connectivity index (χ1n) is 11.1. The summed E-state index contributed by atoms with van der Waals surface area (Å²) in [5, 5.41) is 3.12. The SMILES string of the molecule is CCCC(C)N1CCN(C(=O)CN2CCC(NC(=O)c3ccc(C)cc3)C2)CC1. The maximum atomic E-state index is 12.7. The third-order valence-electron chi connectivity index (χ3n) is 6.28. The van der Waals surface area contributed by atoms with Crippen molar-refractivity contribution in [2.75, 3.05) is 45.8 Å². The van der Waals surface area contributed by atoms with Crippen LogP contribution in [0.15, 0.2) is 24.3 Å². The van der Waals surface area contributed by atoms with Crippen molar-refractivity contribution >= 4 is 11.8 Å². The van der Waals surface area contributed by atoms with Gasteiger partial charge in [0.15, 0.2) is 0 Å². The Kier molecular flexibility index (Phi) is 7.67. The van der Waals surface area contributed by atoms with E-state index >= 15 is 0 Å². The number of benzene rings is 1. The van der Waals surface area contributed by atoms with Gasteiger partial charge < -0.3 is 10.2 Å². The number of nitrogens with zero attached hydrogens (tertiary/aromatic N) is 3. The molecule has 2 saturated heterocycles.